The lowest BCUT2D eigenvalue weighted by atomic mass is 9.79. The molecule has 0 aromatic heterocycles. The summed E-state index contributed by atoms with van der Waals surface area (Å²) in [6.07, 6.45) is 0. The highest BCUT2D eigenvalue weighted by Gasteiger charge is 2.46. The lowest BCUT2D eigenvalue weighted by molar-refractivity contribution is -0.140. The zero-order chi connectivity index (χ0) is 16.8. The predicted molar refractivity (Wildman–Crippen MR) is 90.2 cm³/mol. The number of nitrogens with zero attached hydrogens (tertiary/aromatic N) is 1. The maximum absolute atomic E-state index is 12.9. The van der Waals surface area contributed by atoms with E-state index in [1.54, 1.807) is 29.2 Å². The molecule has 2 heterocycles. The molecule has 122 valence electrons. The number of hydrogen-bond donors (Lipinski definition) is 1. The molecule has 0 fully saturated rings. The minimum absolute atomic E-state index is 0.149. The van der Waals surface area contributed by atoms with Crippen molar-refractivity contribution < 1.29 is 19.4 Å². The van der Waals surface area contributed by atoms with Crippen molar-refractivity contribution in [2.45, 2.75) is 12.0 Å². The van der Waals surface area contributed by atoms with Gasteiger partial charge in [-0.2, -0.15) is 0 Å². The first-order chi connectivity index (χ1) is 11.6. The zero-order valence-corrected chi connectivity index (χ0v) is 14.2. The summed E-state index contributed by atoms with van der Waals surface area (Å²) in [4.78, 5) is 26.7. The average Bonchev–Trinajstić information content (AvgIpc) is 2.75. The Kier molecular flexibility index (Phi) is 3.57. The Bertz CT molecular complexity index is 851. The molecular formula is C18H14BrNO4. The Morgan fingerprint density at radius 1 is 1.21 bits per heavy atom. The Hall–Kier alpha value is -2.34. The minimum Gasteiger partial charge on any atom is -0.491 e. The van der Waals surface area contributed by atoms with E-state index in [1.165, 1.54) is 0 Å². The van der Waals surface area contributed by atoms with E-state index in [1.807, 2.05) is 18.2 Å². The van der Waals surface area contributed by atoms with E-state index in [2.05, 4.69) is 15.9 Å². The van der Waals surface area contributed by atoms with Crippen molar-refractivity contribution in [2.75, 3.05) is 13.2 Å². The van der Waals surface area contributed by atoms with Gasteiger partial charge in [0.15, 0.2) is 0 Å². The van der Waals surface area contributed by atoms with Crippen molar-refractivity contribution in [1.29, 1.82) is 0 Å². The maximum atomic E-state index is 12.9. The van der Waals surface area contributed by atoms with Gasteiger partial charge >= 0.3 is 5.97 Å². The molecule has 0 saturated carbocycles. The number of rotatable bonds is 1. The Balaban J connectivity index is 1.98. The van der Waals surface area contributed by atoms with E-state index in [0.717, 1.165) is 10.0 Å². The van der Waals surface area contributed by atoms with Gasteiger partial charge in [-0.1, -0.05) is 34.1 Å². The van der Waals surface area contributed by atoms with Crippen molar-refractivity contribution in [1.82, 2.24) is 4.90 Å². The molecule has 1 amide bonds. The largest absolute Gasteiger partial charge is 0.491 e. The lowest BCUT2D eigenvalue weighted by Crippen LogP contribution is -2.45. The van der Waals surface area contributed by atoms with Crippen molar-refractivity contribution in [3.8, 4) is 5.75 Å². The second-order valence-electron chi connectivity index (χ2n) is 5.88. The number of fused-ring (bicyclic) bond motifs is 4. The summed E-state index contributed by atoms with van der Waals surface area (Å²) in [5.74, 6) is -1.29. The number of carbonyl (C=O) groups is 2. The van der Waals surface area contributed by atoms with Crippen LogP contribution < -0.4 is 4.74 Å². The van der Waals surface area contributed by atoms with Crippen LogP contribution in [0.15, 0.2) is 46.9 Å². The molecule has 0 unspecified atom stereocenters. The lowest BCUT2D eigenvalue weighted by Gasteiger charge is -2.39. The first-order valence-electron chi connectivity index (χ1n) is 7.63. The second-order valence-corrected chi connectivity index (χ2v) is 6.79. The summed E-state index contributed by atoms with van der Waals surface area (Å²) in [6.45, 7) is 0.694. The van der Waals surface area contributed by atoms with Crippen LogP contribution >= 0.6 is 15.9 Å². The fraction of sp³-hybridized carbons (Fsp3) is 0.222. The molecule has 0 bridgehead atoms. The number of amides is 1. The van der Waals surface area contributed by atoms with E-state index in [-0.39, 0.29) is 5.91 Å². The van der Waals surface area contributed by atoms with Gasteiger partial charge in [-0.05, 0) is 29.8 Å². The van der Waals surface area contributed by atoms with E-state index < -0.39 is 17.9 Å². The normalized spacial score (nSPS) is 21.9. The van der Waals surface area contributed by atoms with Crippen LogP contribution in [-0.4, -0.2) is 35.0 Å². The molecule has 1 N–H and O–H groups in total. The quantitative estimate of drug-likeness (QED) is 0.815. The summed E-state index contributed by atoms with van der Waals surface area (Å²) < 4.78 is 6.58. The highest BCUT2D eigenvalue weighted by atomic mass is 79.9. The summed E-state index contributed by atoms with van der Waals surface area (Å²) in [7, 11) is 0. The molecule has 2 aromatic carbocycles. The predicted octanol–water partition coefficient (Wildman–Crippen LogP) is 3.21. The number of benzene rings is 2. The Morgan fingerprint density at radius 3 is 2.79 bits per heavy atom. The molecule has 0 saturated heterocycles. The molecule has 2 aliphatic rings. The highest BCUT2D eigenvalue weighted by Crippen LogP contribution is 2.47. The summed E-state index contributed by atoms with van der Waals surface area (Å²) in [6, 6.07) is 11.9. The molecule has 0 aliphatic carbocycles. The smallest absolute Gasteiger partial charge is 0.313 e. The SMILES string of the molecule is O=C(O)[C@@H]1c2ccccc2C(=O)N2CCOc3ccc(Br)cc3[C@H]12. The summed E-state index contributed by atoms with van der Waals surface area (Å²) in [5, 5.41) is 9.91. The summed E-state index contributed by atoms with van der Waals surface area (Å²) in [5.41, 5.74) is 1.74. The molecular weight excluding hydrogens is 374 g/mol. The zero-order valence-electron chi connectivity index (χ0n) is 12.6. The van der Waals surface area contributed by atoms with E-state index in [9.17, 15) is 14.7 Å². The Morgan fingerprint density at radius 2 is 2.00 bits per heavy atom. The van der Waals surface area contributed by atoms with Crippen LogP contribution in [0.25, 0.3) is 0 Å². The number of carboxylic acids is 1. The highest BCUT2D eigenvalue weighted by molar-refractivity contribution is 9.10. The average molecular weight is 388 g/mol. The number of halogens is 1. The van der Waals surface area contributed by atoms with Crippen molar-refractivity contribution in [3.63, 3.8) is 0 Å². The fourth-order valence-corrected chi connectivity index (χ4v) is 3.96. The summed E-state index contributed by atoms with van der Waals surface area (Å²) >= 11 is 3.43. The number of ether oxygens (including phenoxy) is 1. The van der Waals surface area contributed by atoms with Gasteiger partial charge in [0, 0.05) is 15.6 Å². The van der Waals surface area contributed by atoms with Crippen LogP contribution in [-0.2, 0) is 4.79 Å². The molecule has 2 atom stereocenters. The molecule has 5 nitrogen and oxygen atoms in total. The number of carboxylic acid groups (broad SMARTS) is 1. The molecule has 0 spiro atoms. The molecule has 2 aliphatic heterocycles. The third-order valence-electron chi connectivity index (χ3n) is 4.58. The van der Waals surface area contributed by atoms with Crippen molar-refractivity contribution in [2.24, 2.45) is 0 Å². The van der Waals surface area contributed by atoms with Gasteiger partial charge in [-0.25, -0.2) is 0 Å². The van der Waals surface area contributed by atoms with E-state index in [0.29, 0.717) is 30.0 Å². The van der Waals surface area contributed by atoms with Gasteiger partial charge in [0.25, 0.3) is 5.91 Å². The molecule has 0 radical (unpaired) electrons. The Labute approximate surface area is 147 Å². The molecule has 4 rings (SSSR count). The van der Waals surface area contributed by atoms with Crippen LogP contribution in [0.3, 0.4) is 0 Å². The second kappa shape index (κ2) is 5.63. The van der Waals surface area contributed by atoms with Gasteiger partial charge in [0.1, 0.15) is 18.3 Å². The van der Waals surface area contributed by atoms with E-state index in [4.69, 9.17) is 4.74 Å². The van der Waals surface area contributed by atoms with Gasteiger partial charge in [0.05, 0.1) is 12.6 Å². The van der Waals surface area contributed by atoms with Crippen LogP contribution in [0.4, 0.5) is 0 Å². The topological polar surface area (TPSA) is 66.8 Å². The minimum atomic E-state index is -0.947. The fourth-order valence-electron chi connectivity index (χ4n) is 3.59. The molecule has 6 heteroatoms. The van der Waals surface area contributed by atoms with Crippen LogP contribution in [0.2, 0.25) is 0 Å². The third kappa shape index (κ3) is 2.21. The maximum Gasteiger partial charge on any atom is 0.313 e. The van der Waals surface area contributed by atoms with E-state index >= 15 is 0 Å². The monoisotopic (exact) mass is 387 g/mol. The molecule has 2 aromatic rings. The van der Waals surface area contributed by atoms with Gasteiger partial charge in [0.2, 0.25) is 0 Å². The third-order valence-corrected chi connectivity index (χ3v) is 5.08. The van der Waals surface area contributed by atoms with Crippen LogP contribution in [0.5, 0.6) is 5.75 Å². The van der Waals surface area contributed by atoms with Gasteiger partial charge in [-0.3, -0.25) is 9.59 Å². The first-order valence-corrected chi connectivity index (χ1v) is 8.42. The van der Waals surface area contributed by atoms with Crippen LogP contribution in [0, 0.1) is 0 Å². The standard InChI is InChI=1S/C18H14BrNO4/c19-10-5-6-14-13(9-10)16-15(18(22)23)11-3-1-2-4-12(11)17(21)20(16)7-8-24-14/h1-6,9,15-16H,7-8H2,(H,22,23)/t15-,16-/m1/s1. The molecule has 24 heavy (non-hydrogen) atoms. The van der Waals surface area contributed by atoms with Crippen molar-refractivity contribution >= 4 is 27.8 Å². The van der Waals surface area contributed by atoms with Gasteiger partial charge < -0.3 is 14.7 Å². The number of carbonyl (C=O) groups excluding carboxylic acids is 1. The van der Waals surface area contributed by atoms with Crippen molar-refractivity contribution in [3.05, 3.63) is 63.6 Å². The first kappa shape index (κ1) is 15.2. The number of hydrogen-bond acceptors (Lipinski definition) is 3. The van der Waals surface area contributed by atoms with Gasteiger partial charge in [-0.15, -0.1) is 0 Å². The number of aliphatic carboxylic acids is 1. The van der Waals surface area contributed by atoms with Crippen LogP contribution in [0.1, 0.15) is 33.4 Å².